The highest BCUT2D eigenvalue weighted by Crippen LogP contribution is 2.20. The molecule has 3 nitrogen and oxygen atoms in total. The largest absolute Gasteiger partial charge is 0.462 e. The first-order chi connectivity index (χ1) is 8.52. The third kappa shape index (κ3) is 3.19. The number of Topliss-reactive ketones (excluding diaryl/α,β-unsaturated/α-hetero) is 1. The number of carbonyl (C=O) groups is 2. The molecule has 0 N–H and O–H groups in total. The number of ketones is 1. The second-order valence-corrected chi connectivity index (χ2v) is 5.26. The van der Waals surface area contributed by atoms with Crippen molar-refractivity contribution in [1.82, 2.24) is 0 Å². The highest BCUT2D eigenvalue weighted by atomic mass is 79.9. The number of esters is 1. The van der Waals surface area contributed by atoms with Crippen LogP contribution in [0.15, 0.2) is 18.2 Å². The van der Waals surface area contributed by atoms with Gasteiger partial charge in [0.25, 0.3) is 0 Å². The standard InChI is InChI=1S/C14H17BrO3/c1-4-10-11(13(16)9(3)15)7-6-8-12(10)14(17)18-5-2/h6-9H,4-5H2,1-3H3. The summed E-state index contributed by atoms with van der Waals surface area (Å²) in [5, 5.41) is 0. The summed E-state index contributed by atoms with van der Waals surface area (Å²) in [5.74, 6) is -0.385. The molecule has 4 heteroatoms. The number of carbonyl (C=O) groups excluding carboxylic acids is 2. The predicted octanol–water partition coefficient (Wildman–Crippen LogP) is 3.39. The molecule has 98 valence electrons. The van der Waals surface area contributed by atoms with Crippen LogP contribution in [-0.2, 0) is 11.2 Å². The summed E-state index contributed by atoms with van der Waals surface area (Å²) >= 11 is 3.27. The number of hydrogen-bond acceptors (Lipinski definition) is 3. The summed E-state index contributed by atoms with van der Waals surface area (Å²) in [5.41, 5.74) is 1.83. The Morgan fingerprint density at radius 1 is 1.28 bits per heavy atom. The lowest BCUT2D eigenvalue weighted by molar-refractivity contribution is 0.0525. The molecule has 1 aromatic rings. The number of rotatable bonds is 5. The Balaban J connectivity index is 3.26. The zero-order valence-corrected chi connectivity index (χ0v) is 12.4. The lowest BCUT2D eigenvalue weighted by Gasteiger charge is -2.12. The van der Waals surface area contributed by atoms with Crippen LogP contribution < -0.4 is 0 Å². The molecule has 0 saturated heterocycles. The molecule has 0 saturated carbocycles. The summed E-state index contributed by atoms with van der Waals surface area (Å²) in [6, 6.07) is 5.17. The van der Waals surface area contributed by atoms with Crippen molar-refractivity contribution < 1.29 is 14.3 Å². The molecule has 0 heterocycles. The molecule has 0 aromatic heterocycles. The Labute approximate surface area is 116 Å². The van der Waals surface area contributed by atoms with Crippen molar-refractivity contribution in [2.45, 2.75) is 32.0 Å². The van der Waals surface area contributed by atoms with Crippen LogP contribution >= 0.6 is 15.9 Å². The van der Waals surface area contributed by atoms with Crippen LogP contribution in [0.4, 0.5) is 0 Å². The maximum absolute atomic E-state index is 12.1. The van der Waals surface area contributed by atoms with E-state index in [2.05, 4.69) is 15.9 Å². The van der Waals surface area contributed by atoms with Gasteiger partial charge in [-0.25, -0.2) is 4.79 Å². The van der Waals surface area contributed by atoms with Gasteiger partial charge in [0.2, 0.25) is 0 Å². The van der Waals surface area contributed by atoms with Crippen molar-refractivity contribution in [3.63, 3.8) is 0 Å². The van der Waals surface area contributed by atoms with Gasteiger partial charge in [-0.05, 0) is 31.9 Å². The van der Waals surface area contributed by atoms with Gasteiger partial charge >= 0.3 is 5.97 Å². The van der Waals surface area contributed by atoms with Gasteiger partial charge < -0.3 is 4.74 Å². The van der Waals surface area contributed by atoms with Crippen molar-refractivity contribution in [3.8, 4) is 0 Å². The molecule has 1 atom stereocenters. The fourth-order valence-electron chi connectivity index (χ4n) is 1.81. The number of hydrogen-bond donors (Lipinski definition) is 0. The van der Waals surface area contributed by atoms with E-state index in [0.717, 1.165) is 5.56 Å². The van der Waals surface area contributed by atoms with E-state index in [1.54, 1.807) is 32.0 Å². The average molecular weight is 313 g/mol. The van der Waals surface area contributed by atoms with Crippen LogP contribution in [0.25, 0.3) is 0 Å². The van der Waals surface area contributed by atoms with E-state index in [0.29, 0.717) is 24.2 Å². The Morgan fingerprint density at radius 3 is 2.39 bits per heavy atom. The van der Waals surface area contributed by atoms with Crippen LogP contribution in [0.1, 0.15) is 47.1 Å². The quantitative estimate of drug-likeness (QED) is 0.475. The first kappa shape index (κ1) is 14.9. The monoisotopic (exact) mass is 312 g/mol. The summed E-state index contributed by atoms with van der Waals surface area (Å²) in [6.45, 7) is 5.79. The molecular weight excluding hydrogens is 296 g/mol. The van der Waals surface area contributed by atoms with Crippen LogP contribution in [0.5, 0.6) is 0 Å². The second-order valence-electron chi connectivity index (χ2n) is 3.89. The number of ether oxygens (including phenoxy) is 1. The molecule has 18 heavy (non-hydrogen) atoms. The molecule has 0 aliphatic carbocycles. The smallest absolute Gasteiger partial charge is 0.338 e. The van der Waals surface area contributed by atoms with Crippen molar-refractivity contribution in [3.05, 3.63) is 34.9 Å². The van der Waals surface area contributed by atoms with Gasteiger partial charge in [0.15, 0.2) is 5.78 Å². The topological polar surface area (TPSA) is 43.4 Å². The fraction of sp³-hybridized carbons (Fsp3) is 0.429. The molecule has 0 radical (unpaired) electrons. The summed E-state index contributed by atoms with van der Waals surface area (Å²) < 4.78 is 5.00. The van der Waals surface area contributed by atoms with Gasteiger partial charge in [-0.3, -0.25) is 4.79 Å². The molecule has 0 bridgehead atoms. The minimum atomic E-state index is -0.369. The Morgan fingerprint density at radius 2 is 1.89 bits per heavy atom. The molecule has 1 rings (SSSR count). The zero-order valence-electron chi connectivity index (χ0n) is 10.8. The lowest BCUT2D eigenvalue weighted by atomic mass is 9.95. The van der Waals surface area contributed by atoms with Crippen molar-refractivity contribution in [1.29, 1.82) is 0 Å². The molecule has 0 fully saturated rings. The normalized spacial score (nSPS) is 12.0. The summed E-state index contributed by atoms with van der Waals surface area (Å²) in [4.78, 5) is 23.6. The van der Waals surface area contributed by atoms with Gasteiger partial charge in [-0.1, -0.05) is 35.0 Å². The zero-order chi connectivity index (χ0) is 13.7. The van der Waals surface area contributed by atoms with Crippen LogP contribution in [0, 0.1) is 0 Å². The van der Waals surface area contributed by atoms with Crippen molar-refractivity contribution in [2.75, 3.05) is 6.61 Å². The molecule has 0 aliphatic heterocycles. The SMILES string of the molecule is CCOC(=O)c1cccc(C(=O)C(C)Br)c1CC. The third-order valence-electron chi connectivity index (χ3n) is 2.65. The highest BCUT2D eigenvalue weighted by Gasteiger charge is 2.20. The Kier molecular flexibility index (Phi) is 5.54. The van der Waals surface area contributed by atoms with E-state index in [1.165, 1.54) is 0 Å². The van der Waals surface area contributed by atoms with E-state index in [9.17, 15) is 9.59 Å². The number of benzene rings is 1. The van der Waals surface area contributed by atoms with E-state index >= 15 is 0 Å². The van der Waals surface area contributed by atoms with Crippen LogP contribution in [-0.4, -0.2) is 23.2 Å². The Hall–Kier alpha value is -1.16. The van der Waals surface area contributed by atoms with E-state index in [1.807, 2.05) is 6.92 Å². The number of alkyl halides is 1. The van der Waals surface area contributed by atoms with E-state index in [4.69, 9.17) is 4.74 Å². The van der Waals surface area contributed by atoms with Crippen LogP contribution in [0.3, 0.4) is 0 Å². The summed E-state index contributed by atoms with van der Waals surface area (Å²) in [6.07, 6.45) is 0.621. The second kappa shape index (κ2) is 6.69. The van der Waals surface area contributed by atoms with Gasteiger partial charge in [0, 0.05) is 5.56 Å². The first-order valence-electron chi connectivity index (χ1n) is 6.00. The maximum atomic E-state index is 12.1. The van der Waals surface area contributed by atoms with Crippen molar-refractivity contribution in [2.24, 2.45) is 0 Å². The predicted molar refractivity (Wildman–Crippen MR) is 74.5 cm³/mol. The molecule has 0 spiro atoms. The molecular formula is C14H17BrO3. The Bertz CT molecular complexity index is 452. The van der Waals surface area contributed by atoms with Gasteiger partial charge in [0.05, 0.1) is 17.0 Å². The van der Waals surface area contributed by atoms with Gasteiger partial charge in [-0.15, -0.1) is 0 Å². The van der Waals surface area contributed by atoms with Crippen molar-refractivity contribution >= 4 is 27.7 Å². The minimum Gasteiger partial charge on any atom is -0.462 e. The average Bonchev–Trinajstić information content (AvgIpc) is 2.36. The van der Waals surface area contributed by atoms with E-state index in [-0.39, 0.29) is 16.6 Å². The molecule has 1 unspecified atom stereocenters. The lowest BCUT2D eigenvalue weighted by Crippen LogP contribution is -2.16. The first-order valence-corrected chi connectivity index (χ1v) is 6.91. The van der Waals surface area contributed by atoms with E-state index < -0.39 is 0 Å². The molecule has 0 aliphatic rings. The number of halogens is 1. The fourth-order valence-corrected chi connectivity index (χ4v) is 2.06. The van der Waals surface area contributed by atoms with Crippen LogP contribution in [0.2, 0.25) is 0 Å². The van der Waals surface area contributed by atoms with Gasteiger partial charge in [-0.2, -0.15) is 0 Å². The molecule has 1 aromatic carbocycles. The minimum absolute atomic E-state index is 0.0157. The van der Waals surface area contributed by atoms with Gasteiger partial charge in [0.1, 0.15) is 0 Å². The summed E-state index contributed by atoms with van der Waals surface area (Å²) in [7, 11) is 0. The maximum Gasteiger partial charge on any atom is 0.338 e. The molecule has 0 amide bonds. The third-order valence-corrected chi connectivity index (χ3v) is 3.07. The highest BCUT2D eigenvalue weighted by molar-refractivity contribution is 9.10.